The van der Waals surface area contributed by atoms with E-state index in [0.29, 0.717) is 11.7 Å². The molecule has 2 N–H and O–H groups in total. The molecule has 2 aromatic heterocycles. The molecule has 2 atom stereocenters. The maximum atomic E-state index is 10.8. The number of rotatable bonds is 2. The normalized spacial score (nSPS) is 24.2. The van der Waals surface area contributed by atoms with Crippen LogP contribution in [0.15, 0.2) is 18.3 Å². The molecule has 0 bridgehead atoms. The molecule has 1 aliphatic carbocycles. The van der Waals surface area contributed by atoms with Gasteiger partial charge in [0.05, 0.1) is 6.20 Å². The van der Waals surface area contributed by atoms with Gasteiger partial charge in [0.1, 0.15) is 12.1 Å². The highest BCUT2D eigenvalue weighted by Gasteiger charge is 2.27. The lowest BCUT2D eigenvalue weighted by Gasteiger charge is -2.10. The second-order valence-corrected chi connectivity index (χ2v) is 4.61. The van der Waals surface area contributed by atoms with Crippen LogP contribution >= 0.6 is 0 Å². The lowest BCUT2D eigenvalue weighted by Crippen LogP contribution is -2.05. The molecule has 88 valence electrons. The molecule has 5 nitrogen and oxygen atoms in total. The van der Waals surface area contributed by atoms with Gasteiger partial charge in [-0.15, -0.1) is 0 Å². The molecule has 1 unspecified atom stereocenters. The van der Waals surface area contributed by atoms with Crippen LogP contribution < -0.4 is 5.73 Å². The lowest BCUT2D eigenvalue weighted by molar-refractivity contribution is -0.110. The largest absolute Gasteiger partial charge is 0.384 e. The first kappa shape index (κ1) is 10.3. The smallest absolute Gasteiger partial charge is 0.157 e. The van der Waals surface area contributed by atoms with Crippen molar-refractivity contribution in [3.8, 4) is 0 Å². The molecule has 0 spiro atoms. The molecule has 1 aliphatic rings. The zero-order chi connectivity index (χ0) is 11.8. The molecule has 3 rings (SSSR count). The maximum absolute atomic E-state index is 10.8. The molecule has 0 aliphatic heterocycles. The third-order valence-electron chi connectivity index (χ3n) is 3.49. The van der Waals surface area contributed by atoms with Gasteiger partial charge in [-0.3, -0.25) is 0 Å². The Hall–Kier alpha value is -1.91. The molecule has 1 fully saturated rings. The summed E-state index contributed by atoms with van der Waals surface area (Å²) in [5.41, 5.74) is 7.69. The monoisotopic (exact) mass is 230 g/mol. The summed E-state index contributed by atoms with van der Waals surface area (Å²) in [5.74, 6) is 1.14. The number of nitrogens with zero attached hydrogens (tertiary/aromatic N) is 3. The van der Waals surface area contributed by atoms with Crippen molar-refractivity contribution in [2.75, 3.05) is 5.73 Å². The maximum Gasteiger partial charge on any atom is 0.157 e. The van der Waals surface area contributed by atoms with Gasteiger partial charge < -0.3 is 10.5 Å². The minimum Gasteiger partial charge on any atom is -0.384 e. The number of fused-ring (bicyclic) bond motifs is 1. The lowest BCUT2D eigenvalue weighted by atomic mass is 10.0. The Morgan fingerprint density at radius 3 is 3.12 bits per heavy atom. The highest BCUT2D eigenvalue weighted by Crippen LogP contribution is 2.37. The molecule has 17 heavy (non-hydrogen) atoms. The number of aldehydes is 1. The summed E-state index contributed by atoms with van der Waals surface area (Å²) < 4.78 is 1.62. The Kier molecular flexibility index (Phi) is 2.31. The second-order valence-electron chi connectivity index (χ2n) is 4.61. The second kappa shape index (κ2) is 3.84. The minimum absolute atomic E-state index is 0.184. The van der Waals surface area contributed by atoms with Crippen molar-refractivity contribution in [1.82, 2.24) is 14.6 Å². The fourth-order valence-electron chi connectivity index (χ4n) is 2.57. The van der Waals surface area contributed by atoms with Gasteiger partial charge in [0.25, 0.3) is 0 Å². The number of nitrogens with two attached hydrogens (primary N) is 1. The van der Waals surface area contributed by atoms with Crippen LogP contribution in [0.1, 0.15) is 30.9 Å². The molecule has 5 heteroatoms. The summed E-state index contributed by atoms with van der Waals surface area (Å²) in [4.78, 5) is 15.3. The summed E-state index contributed by atoms with van der Waals surface area (Å²) in [7, 11) is 0. The zero-order valence-corrected chi connectivity index (χ0v) is 9.41. The predicted molar refractivity (Wildman–Crippen MR) is 63.5 cm³/mol. The number of aromatic nitrogens is 3. The zero-order valence-electron chi connectivity index (χ0n) is 9.41. The summed E-state index contributed by atoms with van der Waals surface area (Å²) in [6.45, 7) is 0. The van der Waals surface area contributed by atoms with E-state index < -0.39 is 0 Å². The van der Waals surface area contributed by atoms with E-state index in [1.165, 1.54) is 0 Å². The molecule has 0 saturated heterocycles. The van der Waals surface area contributed by atoms with E-state index in [0.717, 1.165) is 36.9 Å². The SMILES string of the molecule is Nc1cc(C2CC[C@H](C=O)C2)nc2ccnn12. The Morgan fingerprint density at radius 1 is 1.47 bits per heavy atom. The Bertz CT molecular complexity index is 563. The summed E-state index contributed by atoms with van der Waals surface area (Å²) in [6, 6.07) is 3.71. The molecule has 1 saturated carbocycles. The highest BCUT2D eigenvalue weighted by atomic mass is 16.1. The number of hydrogen-bond acceptors (Lipinski definition) is 4. The number of anilines is 1. The van der Waals surface area contributed by atoms with E-state index >= 15 is 0 Å². The van der Waals surface area contributed by atoms with Crippen LogP contribution in [0.2, 0.25) is 0 Å². The molecule has 0 amide bonds. The third-order valence-corrected chi connectivity index (χ3v) is 3.49. The fraction of sp³-hybridized carbons (Fsp3) is 0.417. The van der Waals surface area contributed by atoms with Crippen molar-refractivity contribution in [3.05, 3.63) is 24.0 Å². The van der Waals surface area contributed by atoms with Crippen molar-refractivity contribution in [2.45, 2.75) is 25.2 Å². The van der Waals surface area contributed by atoms with Crippen LogP contribution in [-0.4, -0.2) is 20.9 Å². The quantitative estimate of drug-likeness (QED) is 0.791. The van der Waals surface area contributed by atoms with Crippen molar-refractivity contribution in [3.63, 3.8) is 0 Å². The Labute approximate surface area is 98.6 Å². The van der Waals surface area contributed by atoms with Crippen molar-refractivity contribution in [2.24, 2.45) is 5.92 Å². The van der Waals surface area contributed by atoms with E-state index in [2.05, 4.69) is 10.1 Å². The predicted octanol–water partition coefficient (Wildman–Crippen LogP) is 1.39. The molecule has 2 aromatic rings. The van der Waals surface area contributed by atoms with E-state index in [-0.39, 0.29) is 5.92 Å². The number of nitrogen functional groups attached to an aromatic ring is 1. The van der Waals surface area contributed by atoms with Crippen LogP contribution in [0.3, 0.4) is 0 Å². The van der Waals surface area contributed by atoms with Gasteiger partial charge in [-0.25, -0.2) is 4.98 Å². The molecule has 0 radical (unpaired) electrons. The first-order valence-electron chi connectivity index (χ1n) is 5.83. The van der Waals surface area contributed by atoms with Gasteiger partial charge in [0.15, 0.2) is 5.65 Å². The number of carbonyl (C=O) groups is 1. The van der Waals surface area contributed by atoms with Gasteiger partial charge in [0, 0.05) is 29.7 Å². The summed E-state index contributed by atoms with van der Waals surface area (Å²) in [5, 5.41) is 4.09. The van der Waals surface area contributed by atoms with Crippen LogP contribution in [0, 0.1) is 5.92 Å². The number of carbonyl (C=O) groups excluding carboxylic acids is 1. The first-order valence-corrected chi connectivity index (χ1v) is 5.83. The van der Waals surface area contributed by atoms with Gasteiger partial charge in [-0.2, -0.15) is 9.61 Å². The van der Waals surface area contributed by atoms with Crippen molar-refractivity contribution in [1.29, 1.82) is 0 Å². The van der Waals surface area contributed by atoms with Crippen LogP contribution in [0.5, 0.6) is 0 Å². The molecular weight excluding hydrogens is 216 g/mol. The third kappa shape index (κ3) is 1.67. The summed E-state index contributed by atoms with van der Waals surface area (Å²) in [6.07, 6.45) is 5.60. The topological polar surface area (TPSA) is 73.3 Å². The first-order chi connectivity index (χ1) is 8.28. The van der Waals surface area contributed by atoms with E-state index in [4.69, 9.17) is 5.73 Å². The molecular formula is C12H14N4O. The minimum atomic E-state index is 0.184. The molecule has 2 heterocycles. The van der Waals surface area contributed by atoms with E-state index in [1.807, 2.05) is 12.1 Å². The Morgan fingerprint density at radius 2 is 2.35 bits per heavy atom. The summed E-state index contributed by atoms with van der Waals surface area (Å²) >= 11 is 0. The van der Waals surface area contributed by atoms with Gasteiger partial charge in [0.2, 0.25) is 0 Å². The number of hydrogen-bond donors (Lipinski definition) is 1. The van der Waals surface area contributed by atoms with Crippen LogP contribution in [0.4, 0.5) is 5.82 Å². The van der Waals surface area contributed by atoms with E-state index in [9.17, 15) is 4.79 Å². The van der Waals surface area contributed by atoms with Crippen LogP contribution in [0.25, 0.3) is 5.65 Å². The van der Waals surface area contributed by atoms with Gasteiger partial charge in [-0.05, 0) is 19.3 Å². The average Bonchev–Trinajstić information content (AvgIpc) is 2.97. The average molecular weight is 230 g/mol. The van der Waals surface area contributed by atoms with Crippen molar-refractivity contribution < 1.29 is 4.79 Å². The standard InChI is InChI=1S/C12H14N4O/c13-11-6-10(9-2-1-8(5-9)7-17)15-12-3-4-14-16(11)12/h3-4,6-9H,1-2,5,13H2/t8-,9?/m0/s1. The van der Waals surface area contributed by atoms with Gasteiger partial charge >= 0.3 is 0 Å². The fourth-order valence-corrected chi connectivity index (χ4v) is 2.57. The van der Waals surface area contributed by atoms with Gasteiger partial charge in [-0.1, -0.05) is 0 Å². The highest BCUT2D eigenvalue weighted by molar-refractivity contribution is 5.55. The van der Waals surface area contributed by atoms with E-state index in [1.54, 1.807) is 10.7 Å². The van der Waals surface area contributed by atoms with Crippen LogP contribution in [-0.2, 0) is 4.79 Å². The van der Waals surface area contributed by atoms with Crippen molar-refractivity contribution >= 4 is 17.8 Å². The molecule has 0 aromatic carbocycles. The Balaban J connectivity index is 1.98.